The molecule has 21 heavy (non-hydrogen) atoms. The Bertz CT molecular complexity index is 519. The SMILES string of the molecule is CC1CCN(c2ccc(CN3C(=O)CNC3=O)cn2)CC1. The molecule has 0 bridgehead atoms. The van der Waals surface area contributed by atoms with Crippen molar-refractivity contribution in [1.29, 1.82) is 0 Å². The van der Waals surface area contributed by atoms with Crippen LogP contribution in [0.15, 0.2) is 18.3 Å². The lowest BCUT2D eigenvalue weighted by Gasteiger charge is -2.31. The number of nitrogens with zero attached hydrogens (tertiary/aromatic N) is 3. The number of aromatic nitrogens is 1. The first-order valence-corrected chi connectivity index (χ1v) is 7.41. The smallest absolute Gasteiger partial charge is 0.324 e. The van der Waals surface area contributed by atoms with E-state index in [2.05, 4.69) is 22.1 Å². The predicted octanol–water partition coefficient (Wildman–Crippen LogP) is 1.37. The van der Waals surface area contributed by atoms with Crippen molar-refractivity contribution in [3.05, 3.63) is 23.9 Å². The predicted molar refractivity (Wildman–Crippen MR) is 78.8 cm³/mol. The lowest BCUT2D eigenvalue weighted by atomic mass is 9.99. The number of nitrogens with one attached hydrogen (secondary N) is 1. The number of pyridine rings is 1. The van der Waals surface area contributed by atoms with Crippen molar-refractivity contribution in [1.82, 2.24) is 15.2 Å². The second-order valence-corrected chi connectivity index (χ2v) is 5.83. The molecule has 1 aromatic rings. The normalized spacial score (nSPS) is 20.0. The number of carbonyl (C=O) groups is 2. The van der Waals surface area contributed by atoms with Gasteiger partial charge in [-0.3, -0.25) is 9.69 Å². The van der Waals surface area contributed by atoms with Gasteiger partial charge in [-0.05, 0) is 30.4 Å². The van der Waals surface area contributed by atoms with Crippen LogP contribution < -0.4 is 10.2 Å². The summed E-state index contributed by atoms with van der Waals surface area (Å²) >= 11 is 0. The van der Waals surface area contributed by atoms with Gasteiger partial charge in [-0.25, -0.2) is 9.78 Å². The van der Waals surface area contributed by atoms with E-state index in [-0.39, 0.29) is 25.0 Å². The maximum atomic E-state index is 11.5. The molecule has 6 heteroatoms. The van der Waals surface area contributed by atoms with E-state index in [9.17, 15) is 9.59 Å². The van der Waals surface area contributed by atoms with Crippen LogP contribution in [0.5, 0.6) is 0 Å². The summed E-state index contributed by atoms with van der Waals surface area (Å²) in [6.07, 6.45) is 4.16. The molecule has 3 amide bonds. The Labute approximate surface area is 124 Å². The number of hydrogen-bond donors (Lipinski definition) is 1. The topological polar surface area (TPSA) is 65.5 Å². The molecule has 1 N–H and O–H groups in total. The van der Waals surface area contributed by atoms with Gasteiger partial charge in [-0.2, -0.15) is 0 Å². The van der Waals surface area contributed by atoms with Gasteiger partial charge in [0.2, 0.25) is 5.91 Å². The highest BCUT2D eigenvalue weighted by Gasteiger charge is 2.28. The van der Waals surface area contributed by atoms with E-state index < -0.39 is 0 Å². The Hall–Kier alpha value is -2.11. The number of rotatable bonds is 3. The largest absolute Gasteiger partial charge is 0.357 e. The highest BCUT2D eigenvalue weighted by molar-refractivity contribution is 6.01. The third-order valence-corrected chi connectivity index (χ3v) is 4.19. The zero-order valence-corrected chi connectivity index (χ0v) is 12.2. The van der Waals surface area contributed by atoms with E-state index in [1.54, 1.807) is 6.20 Å². The molecule has 0 unspecified atom stereocenters. The summed E-state index contributed by atoms with van der Waals surface area (Å²) in [5, 5.41) is 2.52. The number of hydrogen-bond acceptors (Lipinski definition) is 4. The fourth-order valence-corrected chi connectivity index (χ4v) is 2.73. The fourth-order valence-electron chi connectivity index (χ4n) is 2.73. The first-order chi connectivity index (χ1) is 10.1. The van der Waals surface area contributed by atoms with Crippen LogP contribution in [0.2, 0.25) is 0 Å². The van der Waals surface area contributed by atoms with E-state index >= 15 is 0 Å². The Morgan fingerprint density at radius 2 is 2.05 bits per heavy atom. The third kappa shape index (κ3) is 2.99. The van der Waals surface area contributed by atoms with Gasteiger partial charge in [0, 0.05) is 19.3 Å². The minimum atomic E-state index is -0.325. The summed E-state index contributed by atoms with van der Waals surface area (Å²) in [5.74, 6) is 1.58. The molecule has 2 aliphatic rings. The van der Waals surface area contributed by atoms with Crippen LogP contribution in [-0.2, 0) is 11.3 Å². The number of urea groups is 1. The summed E-state index contributed by atoms with van der Waals surface area (Å²) in [5.41, 5.74) is 0.870. The van der Waals surface area contributed by atoms with Crippen molar-refractivity contribution in [3.8, 4) is 0 Å². The highest BCUT2D eigenvalue weighted by atomic mass is 16.2. The number of carbonyl (C=O) groups excluding carboxylic acids is 2. The molecule has 6 nitrogen and oxygen atoms in total. The Morgan fingerprint density at radius 3 is 2.62 bits per heavy atom. The number of piperidine rings is 1. The third-order valence-electron chi connectivity index (χ3n) is 4.19. The maximum absolute atomic E-state index is 11.5. The molecule has 0 saturated carbocycles. The van der Waals surface area contributed by atoms with Crippen molar-refractivity contribution in [2.24, 2.45) is 5.92 Å². The highest BCUT2D eigenvalue weighted by Crippen LogP contribution is 2.21. The van der Waals surface area contributed by atoms with Gasteiger partial charge >= 0.3 is 6.03 Å². The van der Waals surface area contributed by atoms with Crippen LogP contribution in [0, 0.1) is 5.92 Å². The van der Waals surface area contributed by atoms with E-state index in [1.165, 1.54) is 17.7 Å². The second-order valence-electron chi connectivity index (χ2n) is 5.83. The minimum Gasteiger partial charge on any atom is -0.357 e. The van der Waals surface area contributed by atoms with Crippen molar-refractivity contribution in [2.45, 2.75) is 26.3 Å². The van der Waals surface area contributed by atoms with Crippen molar-refractivity contribution in [2.75, 3.05) is 24.5 Å². The Balaban J connectivity index is 1.64. The summed E-state index contributed by atoms with van der Waals surface area (Å²) in [7, 11) is 0. The fraction of sp³-hybridized carbons (Fsp3) is 0.533. The zero-order valence-electron chi connectivity index (χ0n) is 12.2. The van der Waals surface area contributed by atoms with E-state index in [4.69, 9.17) is 0 Å². The number of imide groups is 1. The maximum Gasteiger partial charge on any atom is 0.324 e. The molecule has 2 fully saturated rings. The molecule has 3 heterocycles. The summed E-state index contributed by atoms with van der Waals surface area (Å²) in [6, 6.07) is 3.59. The van der Waals surface area contributed by atoms with E-state index in [1.807, 2.05) is 12.1 Å². The van der Waals surface area contributed by atoms with Crippen LogP contribution in [0.25, 0.3) is 0 Å². The average molecular weight is 288 g/mol. The van der Waals surface area contributed by atoms with Gasteiger partial charge in [0.15, 0.2) is 0 Å². The monoisotopic (exact) mass is 288 g/mol. The molecule has 2 saturated heterocycles. The number of amides is 3. The average Bonchev–Trinajstić information content (AvgIpc) is 2.81. The molecule has 2 aliphatic heterocycles. The van der Waals surface area contributed by atoms with Gasteiger partial charge < -0.3 is 10.2 Å². The quantitative estimate of drug-likeness (QED) is 0.853. The standard InChI is InChI=1S/C15H20N4O2/c1-11-4-6-18(7-5-11)13-3-2-12(8-16-13)10-19-14(20)9-17-15(19)21/h2-3,8,11H,4-7,9-10H2,1H3,(H,17,21). The molecular weight excluding hydrogens is 268 g/mol. The lowest BCUT2D eigenvalue weighted by Crippen LogP contribution is -2.33. The van der Waals surface area contributed by atoms with Crippen LogP contribution in [0.1, 0.15) is 25.3 Å². The summed E-state index contributed by atoms with van der Waals surface area (Å²) < 4.78 is 0. The van der Waals surface area contributed by atoms with Crippen LogP contribution in [-0.4, -0.2) is 41.5 Å². The van der Waals surface area contributed by atoms with Gasteiger partial charge in [0.1, 0.15) is 5.82 Å². The molecule has 112 valence electrons. The van der Waals surface area contributed by atoms with Gasteiger partial charge in [-0.15, -0.1) is 0 Å². The Kier molecular flexibility index (Phi) is 3.77. The summed E-state index contributed by atoms with van der Waals surface area (Å²) in [4.78, 5) is 31.0. The molecule has 0 aliphatic carbocycles. The first-order valence-electron chi connectivity index (χ1n) is 7.41. The van der Waals surface area contributed by atoms with Crippen LogP contribution in [0.3, 0.4) is 0 Å². The van der Waals surface area contributed by atoms with E-state index in [0.29, 0.717) is 0 Å². The van der Waals surface area contributed by atoms with Gasteiger partial charge in [-0.1, -0.05) is 13.0 Å². The molecule has 1 aromatic heterocycles. The Morgan fingerprint density at radius 1 is 1.29 bits per heavy atom. The number of anilines is 1. The van der Waals surface area contributed by atoms with Crippen molar-refractivity contribution in [3.63, 3.8) is 0 Å². The molecule has 0 aromatic carbocycles. The van der Waals surface area contributed by atoms with Crippen LogP contribution >= 0.6 is 0 Å². The van der Waals surface area contributed by atoms with Crippen molar-refractivity contribution >= 4 is 17.8 Å². The first kappa shape index (κ1) is 13.9. The molecule has 3 rings (SSSR count). The summed E-state index contributed by atoms with van der Waals surface area (Å²) in [6.45, 7) is 4.75. The molecule has 0 radical (unpaired) electrons. The lowest BCUT2D eigenvalue weighted by molar-refractivity contribution is -0.125. The second kappa shape index (κ2) is 5.71. The molecule has 0 spiro atoms. The zero-order chi connectivity index (χ0) is 14.8. The van der Waals surface area contributed by atoms with Crippen molar-refractivity contribution < 1.29 is 9.59 Å². The molecular formula is C15H20N4O2. The van der Waals surface area contributed by atoms with E-state index in [0.717, 1.165) is 30.4 Å². The molecule has 0 atom stereocenters. The van der Waals surface area contributed by atoms with Crippen LogP contribution in [0.4, 0.5) is 10.6 Å². The van der Waals surface area contributed by atoms with Gasteiger partial charge in [0.05, 0.1) is 13.1 Å². The van der Waals surface area contributed by atoms with Gasteiger partial charge in [0.25, 0.3) is 0 Å². The minimum absolute atomic E-state index is 0.0936.